The van der Waals surface area contributed by atoms with Crippen LogP contribution in [0.4, 0.5) is 0 Å². The quantitative estimate of drug-likeness (QED) is 0.287. The van der Waals surface area contributed by atoms with E-state index in [1.54, 1.807) is 41.1 Å². The normalized spacial score (nSPS) is 12.4. The van der Waals surface area contributed by atoms with Crippen LogP contribution in [0, 0.1) is 5.41 Å². The van der Waals surface area contributed by atoms with Gasteiger partial charge in [0.05, 0.1) is 37.4 Å². The summed E-state index contributed by atoms with van der Waals surface area (Å²) < 4.78 is 13.6. The predicted molar refractivity (Wildman–Crippen MR) is 130 cm³/mol. The second kappa shape index (κ2) is 11.7. The molecule has 1 aromatic heterocycles. The molecule has 1 unspecified atom stereocenters. The van der Waals surface area contributed by atoms with Crippen molar-refractivity contribution in [1.29, 1.82) is 0 Å². The first kappa shape index (κ1) is 24.6. The van der Waals surface area contributed by atoms with E-state index in [-0.39, 0.29) is 5.91 Å². The molecule has 1 atom stereocenters. The average Bonchev–Trinajstić information content (AvgIpc) is 3.26. The monoisotopic (exact) mass is 468 g/mol. The summed E-state index contributed by atoms with van der Waals surface area (Å²) in [4.78, 5) is 13.3. The Kier molecular flexibility index (Phi) is 8.77. The Morgan fingerprint density at radius 1 is 1.12 bits per heavy atom. The molecule has 0 saturated heterocycles. The van der Waals surface area contributed by atoms with Gasteiger partial charge in [-0.3, -0.25) is 4.79 Å². The Hall–Kier alpha value is -3.00. The topological polar surface area (TPSA) is 78.3 Å². The molecule has 0 bridgehead atoms. The minimum absolute atomic E-state index is 0.262. The third kappa shape index (κ3) is 5.87. The van der Waals surface area contributed by atoms with Gasteiger partial charge in [-0.15, -0.1) is 18.3 Å². The summed E-state index contributed by atoms with van der Waals surface area (Å²) in [5, 5.41) is 12.4. The molecule has 0 radical (unpaired) electrons. The molecule has 33 heavy (non-hydrogen) atoms. The largest absolute Gasteiger partial charge is 0.377 e. The minimum atomic E-state index is -0.648. The maximum absolute atomic E-state index is 13.3. The van der Waals surface area contributed by atoms with Gasteiger partial charge in [0.15, 0.2) is 0 Å². The summed E-state index contributed by atoms with van der Waals surface area (Å²) in [7, 11) is 0. The van der Waals surface area contributed by atoms with Gasteiger partial charge in [-0.2, -0.15) is 0 Å². The van der Waals surface area contributed by atoms with E-state index in [0.717, 1.165) is 11.0 Å². The number of hydrogen-bond acceptors (Lipinski definition) is 5. The standard InChI is InChI=1S/C25H29ClN4O3/c1-4-15-32-17-25(6-3,18-33-16-5-2)24(27-23(31)19-11-13-20(26)14-12-19)30-22-10-8-7-9-21(22)28-29-30/h4-5,7-14,24H,1-2,6,15-18H2,3H3,(H,27,31). The van der Waals surface area contributed by atoms with Gasteiger partial charge in [-0.25, -0.2) is 4.68 Å². The van der Waals surface area contributed by atoms with Crippen LogP contribution in [0.15, 0.2) is 73.8 Å². The number of hydrogen-bond donors (Lipinski definition) is 1. The van der Waals surface area contributed by atoms with Crippen LogP contribution < -0.4 is 5.32 Å². The molecule has 0 fully saturated rings. The van der Waals surface area contributed by atoms with Crippen molar-refractivity contribution in [2.75, 3.05) is 26.4 Å². The summed E-state index contributed by atoms with van der Waals surface area (Å²) in [6.07, 6.45) is 3.42. The molecule has 8 heteroatoms. The number of carbonyl (C=O) groups is 1. The number of nitrogens with one attached hydrogen (secondary N) is 1. The fraction of sp³-hybridized carbons (Fsp3) is 0.320. The van der Waals surface area contributed by atoms with Gasteiger partial charge in [0, 0.05) is 10.6 Å². The SMILES string of the molecule is C=CCOCC(CC)(COCC=C)C(NC(=O)c1ccc(Cl)cc1)n1nnc2ccccc21. The third-order valence-corrected chi connectivity index (χ3v) is 5.78. The highest BCUT2D eigenvalue weighted by atomic mass is 35.5. The minimum Gasteiger partial charge on any atom is -0.377 e. The number of para-hydroxylation sites is 1. The van der Waals surface area contributed by atoms with Crippen LogP contribution >= 0.6 is 11.6 Å². The van der Waals surface area contributed by atoms with Crippen LogP contribution in [0.3, 0.4) is 0 Å². The molecule has 0 aliphatic carbocycles. The Bertz CT molecular complexity index is 1070. The Labute approximate surface area is 199 Å². The zero-order valence-corrected chi connectivity index (χ0v) is 19.5. The molecule has 174 valence electrons. The van der Waals surface area contributed by atoms with E-state index in [2.05, 4.69) is 28.8 Å². The van der Waals surface area contributed by atoms with Crippen molar-refractivity contribution in [2.45, 2.75) is 19.5 Å². The number of carbonyl (C=O) groups excluding carboxylic acids is 1. The molecule has 3 rings (SSSR count). The number of nitrogens with zero attached hydrogens (tertiary/aromatic N) is 3. The van der Waals surface area contributed by atoms with Gasteiger partial charge >= 0.3 is 0 Å². The molecule has 1 heterocycles. The van der Waals surface area contributed by atoms with Crippen LogP contribution in [-0.2, 0) is 9.47 Å². The third-order valence-electron chi connectivity index (χ3n) is 5.53. The molecule has 1 N–H and O–H groups in total. The fourth-order valence-corrected chi connectivity index (χ4v) is 3.77. The molecule has 0 spiro atoms. The maximum Gasteiger partial charge on any atom is 0.252 e. The van der Waals surface area contributed by atoms with E-state index >= 15 is 0 Å². The number of ether oxygens (including phenoxy) is 2. The molecule has 3 aromatic rings. The lowest BCUT2D eigenvalue weighted by atomic mass is 9.82. The second-order valence-corrected chi connectivity index (χ2v) is 8.17. The van der Waals surface area contributed by atoms with Gasteiger partial charge < -0.3 is 14.8 Å². The molecule has 7 nitrogen and oxygen atoms in total. The Balaban J connectivity index is 2.06. The summed E-state index contributed by atoms with van der Waals surface area (Å²) in [5.41, 5.74) is 1.36. The zero-order chi connectivity index (χ0) is 23.7. The van der Waals surface area contributed by atoms with E-state index in [0.29, 0.717) is 43.4 Å². The molecule has 0 aliphatic heterocycles. The fourth-order valence-electron chi connectivity index (χ4n) is 3.65. The lowest BCUT2D eigenvalue weighted by Gasteiger charge is -2.40. The van der Waals surface area contributed by atoms with Crippen molar-refractivity contribution < 1.29 is 14.3 Å². The zero-order valence-electron chi connectivity index (χ0n) is 18.7. The van der Waals surface area contributed by atoms with E-state index in [1.807, 2.05) is 31.2 Å². The number of fused-ring (bicyclic) bond motifs is 1. The van der Waals surface area contributed by atoms with E-state index < -0.39 is 11.6 Å². The highest BCUT2D eigenvalue weighted by Gasteiger charge is 2.42. The highest BCUT2D eigenvalue weighted by Crippen LogP contribution is 2.36. The molecular formula is C25H29ClN4O3. The Morgan fingerprint density at radius 3 is 2.36 bits per heavy atom. The number of amides is 1. The van der Waals surface area contributed by atoms with Crippen molar-refractivity contribution in [3.05, 3.63) is 84.4 Å². The summed E-state index contributed by atoms with van der Waals surface area (Å²) in [5.74, 6) is -0.262. The van der Waals surface area contributed by atoms with Gasteiger partial charge in [0.1, 0.15) is 11.7 Å². The average molecular weight is 469 g/mol. The van der Waals surface area contributed by atoms with Gasteiger partial charge in [0.2, 0.25) is 0 Å². The maximum atomic E-state index is 13.3. The molecular weight excluding hydrogens is 440 g/mol. The number of rotatable bonds is 13. The first-order valence-corrected chi connectivity index (χ1v) is 11.2. The molecule has 0 aliphatic rings. The lowest BCUT2D eigenvalue weighted by molar-refractivity contribution is -0.0522. The van der Waals surface area contributed by atoms with Gasteiger partial charge in [-0.1, -0.05) is 48.0 Å². The smallest absolute Gasteiger partial charge is 0.252 e. The van der Waals surface area contributed by atoms with Crippen molar-refractivity contribution in [3.8, 4) is 0 Å². The lowest BCUT2D eigenvalue weighted by Crippen LogP contribution is -2.49. The highest BCUT2D eigenvalue weighted by molar-refractivity contribution is 6.30. The van der Waals surface area contributed by atoms with Crippen LogP contribution in [0.5, 0.6) is 0 Å². The predicted octanol–water partition coefficient (Wildman–Crippen LogP) is 4.81. The summed E-state index contributed by atoms with van der Waals surface area (Å²) in [6, 6.07) is 14.4. The van der Waals surface area contributed by atoms with Crippen molar-refractivity contribution >= 4 is 28.5 Å². The molecule has 0 saturated carbocycles. The Morgan fingerprint density at radius 2 is 1.76 bits per heavy atom. The summed E-state index contributed by atoms with van der Waals surface area (Å²) in [6.45, 7) is 10.9. The molecule has 2 aromatic carbocycles. The first-order valence-electron chi connectivity index (χ1n) is 10.8. The number of aromatic nitrogens is 3. The first-order chi connectivity index (χ1) is 16.0. The summed E-state index contributed by atoms with van der Waals surface area (Å²) >= 11 is 6.00. The van der Waals surface area contributed by atoms with Crippen molar-refractivity contribution in [3.63, 3.8) is 0 Å². The van der Waals surface area contributed by atoms with Crippen LogP contribution in [-0.4, -0.2) is 47.3 Å². The van der Waals surface area contributed by atoms with Crippen LogP contribution in [0.25, 0.3) is 11.0 Å². The van der Waals surface area contributed by atoms with Crippen molar-refractivity contribution in [2.24, 2.45) is 5.41 Å². The van der Waals surface area contributed by atoms with Crippen LogP contribution in [0.2, 0.25) is 5.02 Å². The van der Waals surface area contributed by atoms with E-state index in [1.165, 1.54) is 0 Å². The second-order valence-electron chi connectivity index (χ2n) is 7.73. The molecule has 1 amide bonds. The number of benzene rings is 2. The number of halogens is 1. The van der Waals surface area contributed by atoms with Gasteiger partial charge in [-0.05, 0) is 42.8 Å². The van der Waals surface area contributed by atoms with Crippen molar-refractivity contribution in [1.82, 2.24) is 20.3 Å². The van der Waals surface area contributed by atoms with Gasteiger partial charge in [0.25, 0.3) is 5.91 Å². The van der Waals surface area contributed by atoms with E-state index in [9.17, 15) is 4.79 Å². The van der Waals surface area contributed by atoms with E-state index in [4.69, 9.17) is 21.1 Å². The van der Waals surface area contributed by atoms with Crippen LogP contribution in [0.1, 0.15) is 29.9 Å².